The van der Waals surface area contributed by atoms with E-state index < -0.39 is 6.04 Å². The number of rotatable bonds is 5. The second-order valence-corrected chi connectivity index (χ2v) is 5.35. The highest BCUT2D eigenvalue weighted by molar-refractivity contribution is 5.86. The van der Waals surface area contributed by atoms with Gasteiger partial charge in [-0.3, -0.25) is 4.79 Å². The lowest BCUT2D eigenvalue weighted by Gasteiger charge is -2.21. The van der Waals surface area contributed by atoms with Gasteiger partial charge in [0, 0.05) is 6.04 Å². The normalized spacial score (nSPS) is 24.9. The number of esters is 1. The van der Waals surface area contributed by atoms with Gasteiger partial charge in [0.25, 0.3) is 0 Å². The summed E-state index contributed by atoms with van der Waals surface area (Å²) in [7, 11) is 1.35. The average Bonchev–Trinajstić information content (AvgIpc) is 2.73. The molecule has 1 fully saturated rings. The second kappa shape index (κ2) is 6.73. The van der Waals surface area contributed by atoms with Gasteiger partial charge in [-0.1, -0.05) is 13.8 Å². The summed E-state index contributed by atoms with van der Waals surface area (Å²) in [4.78, 5) is 23.7. The van der Waals surface area contributed by atoms with Crippen molar-refractivity contribution in [3.05, 3.63) is 0 Å². The van der Waals surface area contributed by atoms with Crippen molar-refractivity contribution in [3.8, 4) is 0 Å². The van der Waals surface area contributed by atoms with Crippen LogP contribution < -0.4 is 10.6 Å². The van der Waals surface area contributed by atoms with Crippen LogP contribution in [0.3, 0.4) is 0 Å². The van der Waals surface area contributed by atoms with E-state index in [9.17, 15) is 9.59 Å². The topological polar surface area (TPSA) is 67.4 Å². The van der Waals surface area contributed by atoms with Crippen molar-refractivity contribution < 1.29 is 14.3 Å². The van der Waals surface area contributed by atoms with Gasteiger partial charge in [0.2, 0.25) is 5.91 Å². The van der Waals surface area contributed by atoms with E-state index in [0.29, 0.717) is 12.3 Å². The predicted octanol–water partition coefficient (Wildman–Crippen LogP) is 0.688. The summed E-state index contributed by atoms with van der Waals surface area (Å²) in [5.41, 5.74) is 0. The maximum atomic E-state index is 12.1. The summed E-state index contributed by atoms with van der Waals surface area (Å²) in [5, 5.41) is 6.05. The molecule has 3 atom stereocenters. The lowest BCUT2D eigenvalue weighted by atomic mass is 9.99. The molecule has 0 radical (unpaired) electrons. The smallest absolute Gasteiger partial charge is 0.328 e. The van der Waals surface area contributed by atoms with Gasteiger partial charge in [-0.15, -0.1) is 0 Å². The Labute approximate surface area is 109 Å². The highest BCUT2D eigenvalue weighted by Crippen LogP contribution is 2.16. The van der Waals surface area contributed by atoms with Gasteiger partial charge in [-0.2, -0.15) is 0 Å². The Morgan fingerprint density at radius 3 is 2.56 bits per heavy atom. The van der Waals surface area contributed by atoms with E-state index in [1.165, 1.54) is 7.11 Å². The van der Waals surface area contributed by atoms with Gasteiger partial charge in [-0.25, -0.2) is 4.79 Å². The lowest BCUT2D eigenvalue weighted by Crippen LogP contribution is -2.46. The first-order valence-electron chi connectivity index (χ1n) is 6.57. The molecule has 18 heavy (non-hydrogen) atoms. The van der Waals surface area contributed by atoms with E-state index in [4.69, 9.17) is 4.74 Å². The molecule has 0 aromatic carbocycles. The van der Waals surface area contributed by atoms with Crippen LogP contribution in [-0.2, 0) is 14.3 Å². The Morgan fingerprint density at radius 2 is 2.11 bits per heavy atom. The van der Waals surface area contributed by atoms with Crippen LogP contribution in [0.15, 0.2) is 0 Å². The summed E-state index contributed by atoms with van der Waals surface area (Å²) in [5.74, 6) is -0.142. The summed E-state index contributed by atoms with van der Waals surface area (Å²) in [6.45, 7) is 6.88. The number of methoxy groups -OCH3 is 1. The molecule has 0 aromatic rings. The van der Waals surface area contributed by atoms with Crippen molar-refractivity contribution in [1.82, 2.24) is 10.6 Å². The summed E-state index contributed by atoms with van der Waals surface area (Å²) in [6, 6.07) is -0.363. The average molecular weight is 256 g/mol. The van der Waals surface area contributed by atoms with Crippen LogP contribution >= 0.6 is 0 Å². The minimum atomic E-state index is -0.532. The molecule has 1 heterocycles. The van der Waals surface area contributed by atoms with Crippen LogP contribution in [0.2, 0.25) is 0 Å². The predicted molar refractivity (Wildman–Crippen MR) is 69.0 cm³/mol. The first-order chi connectivity index (χ1) is 8.45. The fourth-order valence-corrected chi connectivity index (χ4v) is 2.32. The number of carbonyl (C=O) groups excluding carboxylic acids is 2. The van der Waals surface area contributed by atoms with Crippen LogP contribution in [0.25, 0.3) is 0 Å². The van der Waals surface area contributed by atoms with E-state index in [0.717, 1.165) is 13.0 Å². The van der Waals surface area contributed by atoms with Crippen LogP contribution in [0, 0.1) is 11.8 Å². The van der Waals surface area contributed by atoms with Gasteiger partial charge in [0.1, 0.15) is 6.04 Å². The molecule has 5 heteroatoms. The van der Waals surface area contributed by atoms with Crippen molar-refractivity contribution in [2.75, 3.05) is 13.7 Å². The zero-order valence-electron chi connectivity index (χ0n) is 11.7. The zero-order chi connectivity index (χ0) is 13.7. The highest BCUT2D eigenvalue weighted by atomic mass is 16.5. The number of carbonyl (C=O) groups is 2. The molecule has 2 N–H and O–H groups in total. The Morgan fingerprint density at radius 1 is 1.44 bits per heavy atom. The molecule has 1 rings (SSSR count). The quantitative estimate of drug-likeness (QED) is 0.710. The molecule has 1 amide bonds. The second-order valence-electron chi connectivity index (χ2n) is 5.35. The monoisotopic (exact) mass is 256 g/mol. The molecule has 1 aliphatic rings. The summed E-state index contributed by atoms with van der Waals surface area (Å²) < 4.78 is 4.73. The van der Waals surface area contributed by atoms with Crippen molar-refractivity contribution in [3.63, 3.8) is 0 Å². The highest BCUT2D eigenvalue weighted by Gasteiger charge is 2.32. The van der Waals surface area contributed by atoms with Crippen LogP contribution in [0.4, 0.5) is 0 Å². The van der Waals surface area contributed by atoms with Gasteiger partial charge >= 0.3 is 5.97 Å². The maximum absolute atomic E-state index is 12.1. The number of nitrogens with one attached hydrogen (secondary N) is 2. The van der Waals surface area contributed by atoms with Gasteiger partial charge in [-0.05, 0) is 32.2 Å². The van der Waals surface area contributed by atoms with Gasteiger partial charge < -0.3 is 15.4 Å². The maximum Gasteiger partial charge on any atom is 0.328 e. The number of amides is 1. The fraction of sp³-hybridized carbons (Fsp3) is 0.846. The van der Waals surface area contributed by atoms with Crippen molar-refractivity contribution in [2.24, 2.45) is 11.8 Å². The lowest BCUT2D eigenvalue weighted by molar-refractivity contribution is -0.146. The van der Waals surface area contributed by atoms with Crippen LogP contribution in [-0.4, -0.2) is 37.6 Å². The molecule has 0 aromatic heterocycles. The van der Waals surface area contributed by atoms with Crippen molar-refractivity contribution in [1.29, 1.82) is 0 Å². The Hall–Kier alpha value is -1.10. The molecule has 0 saturated carbocycles. The first kappa shape index (κ1) is 15.0. The third-order valence-electron chi connectivity index (χ3n) is 3.37. The molecule has 1 saturated heterocycles. The first-order valence-corrected chi connectivity index (χ1v) is 6.57. The van der Waals surface area contributed by atoms with E-state index in [1.54, 1.807) is 0 Å². The molecule has 0 spiro atoms. The van der Waals surface area contributed by atoms with Crippen molar-refractivity contribution in [2.45, 2.75) is 45.7 Å². The van der Waals surface area contributed by atoms with Gasteiger partial charge in [0.15, 0.2) is 0 Å². The molecule has 2 unspecified atom stereocenters. The fourth-order valence-electron chi connectivity index (χ4n) is 2.32. The summed E-state index contributed by atoms with van der Waals surface area (Å²) >= 11 is 0. The standard InChI is InChI=1S/C13H24N2O3/c1-8(2)7-11(13(17)18-4)15-12(16)10-5-6-14-9(10)3/h8-11,14H,5-7H2,1-4H3,(H,15,16)/t9?,10?,11-/m0/s1. The van der Waals surface area contributed by atoms with Gasteiger partial charge in [0.05, 0.1) is 13.0 Å². The number of hydrogen-bond acceptors (Lipinski definition) is 4. The SMILES string of the molecule is COC(=O)[C@H](CC(C)C)NC(=O)C1CCNC1C. The largest absolute Gasteiger partial charge is 0.467 e. The number of ether oxygens (including phenoxy) is 1. The van der Waals surface area contributed by atoms with Crippen LogP contribution in [0.1, 0.15) is 33.6 Å². The molecular weight excluding hydrogens is 232 g/mol. The molecular formula is C13H24N2O3. The zero-order valence-corrected chi connectivity index (χ0v) is 11.7. The molecule has 0 bridgehead atoms. The molecule has 1 aliphatic heterocycles. The molecule has 104 valence electrons. The Balaban J connectivity index is 2.59. The van der Waals surface area contributed by atoms with E-state index >= 15 is 0 Å². The van der Waals surface area contributed by atoms with E-state index in [2.05, 4.69) is 10.6 Å². The summed E-state index contributed by atoms with van der Waals surface area (Å²) in [6.07, 6.45) is 1.43. The Kier molecular flexibility index (Phi) is 5.59. The molecule has 5 nitrogen and oxygen atoms in total. The third-order valence-corrected chi connectivity index (χ3v) is 3.37. The van der Waals surface area contributed by atoms with E-state index in [1.807, 2.05) is 20.8 Å². The molecule has 0 aliphatic carbocycles. The van der Waals surface area contributed by atoms with E-state index in [-0.39, 0.29) is 23.8 Å². The third kappa shape index (κ3) is 3.98. The van der Waals surface area contributed by atoms with Crippen LogP contribution in [0.5, 0.6) is 0 Å². The number of hydrogen-bond donors (Lipinski definition) is 2. The minimum Gasteiger partial charge on any atom is -0.467 e. The minimum absolute atomic E-state index is 0.0516. The Bertz CT molecular complexity index is 305. The van der Waals surface area contributed by atoms with Crippen molar-refractivity contribution >= 4 is 11.9 Å².